The van der Waals surface area contributed by atoms with Crippen molar-refractivity contribution in [1.82, 2.24) is 19.0 Å². The first-order valence-electron chi connectivity index (χ1n) is 11.0. The molecule has 1 saturated heterocycles. The fourth-order valence-corrected chi connectivity index (χ4v) is 7.30. The molecular formula is C21H34N4O3S. The maximum Gasteiger partial charge on any atom is 0.227 e. The van der Waals surface area contributed by atoms with E-state index in [4.69, 9.17) is 0 Å². The minimum absolute atomic E-state index is 0.0871. The fourth-order valence-electron chi connectivity index (χ4n) is 5.36. The van der Waals surface area contributed by atoms with Crippen LogP contribution in [0.3, 0.4) is 0 Å². The Kier molecular flexibility index (Phi) is 5.53. The molecule has 2 heterocycles. The molecule has 4 rings (SSSR count). The summed E-state index contributed by atoms with van der Waals surface area (Å²) in [6.45, 7) is 6.30. The number of aromatic nitrogens is 2. The van der Waals surface area contributed by atoms with E-state index in [0.29, 0.717) is 19.6 Å². The third-order valence-corrected chi connectivity index (χ3v) is 9.67. The second-order valence-electron chi connectivity index (χ2n) is 9.28. The molecule has 1 aliphatic heterocycles. The average Bonchev–Trinajstić information content (AvgIpc) is 3.44. The first-order chi connectivity index (χ1) is 13.8. The number of hydrogen-bond acceptors (Lipinski definition) is 4. The molecular weight excluding hydrogens is 388 g/mol. The molecule has 0 radical (unpaired) electrons. The van der Waals surface area contributed by atoms with E-state index in [1.54, 1.807) is 9.21 Å². The van der Waals surface area contributed by atoms with Crippen LogP contribution in [0.2, 0.25) is 0 Å². The normalized spacial score (nSPS) is 24.9. The lowest BCUT2D eigenvalue weighted by molar-refractivity contribution is -0.138. The first-order valence-corrected chi connectivity index (χ1v) is 12.5. The van der Waals surface area contributed by atoms with Crippen molar-refractivity contribution in [1.29, 1.82) is 0 Å². The van der Waals surface area contributed by atoms with Gasteiger partial charge in [-0.3, -0.25) is 9.48 Å². The van der Waals surface area contributed by atoms with Crippen LogP contribution in [0.4, 0.5) is 0 Å². The van der Waals surface area contributed by atoms with Crippen molar-refractivity contribution in [2.75, 3.05) is 20.1 Å². The zero-order chi connectivity index (χ0) is 20.8. The van der Waals surface area contributed by atoms with Gasteiger partial charge in [0.2, 0.25) is 15.9 Å². The number of carbonyl (C=O) groups excluding carboxylic acids is 1. The van der Waals surface area contributed by atoms with E-state index < -0.39 is 10.0 Å². The van der Waals surface area contributed by atoms with E-state index >= 15 is 0 Å². The van der Waals surface area contributed by atoms with Gasteiger partial charge in [-0.25, -0.2) is 12.7 Å². The van der Waals surface area contributed by atoms with Crippen molar-refractivity contribution in [3.05, 3.63) is 17.5 Å². The molecule has 29 heavy (non-hydrogen) atoms. The molecule has 2 aliphatic carbocycles. The maximum atomic E-state index is 13.5. The summed E-state index contributed by atoms with van der Waals surface area (Å²) in [6, 6.07) is 0. The standard InChI is InChI=1S/C21H34N4O3S/c1-4-25-16(2)17(12-22-25)13-23(3)20(26)19-14-24(29(27,28)18-8-9-18)15-21(19)10-6-5-7-11-21/h12,18-19H,4-11,13-15H2,1-3H3. The van der Waals surface area contributed by atoms with Crippen LogP contribution in [0.1, 0.15) is 63.1 Å². The number of rotatable bonds is 6. The summed E-state index contributed by atoms with van der Waals surface area (Å²) >= 11 is 0. The van der Waals surface area contributed by atoms with Crippen LogP contribution < -0.4 is 0 Å². The Labute approximate surface area is 174 Å². The zero-order valence-corrected chi connectivity index (χ0v) is 18.7. The highest BCUT2D eigenvalue weighted by Gasteiger charge is 2.55. The zero-order valence-electron chi connectivity index (χ0n) is 17.9. The topological polar surface area (TPSA) is 75.5 Å². The van der Waals surface area contributed by atoms with Gasteiger partial charge in [0.1, 0.15) is 0 Å². The summed E-state index contributed by atoms with van der Waals surface area (Å²) in [4.78, 5) is 15.3. The van der Waals surface area contributed by atoms with Gasteiger partial charge in [0.05, 0.1) is 17.4 Å². The second-order valence-corrected chi connectivity index (χ2v) is 11.5. The highest BCUT2D eigenvalue weighted by atomic mass is 32.2. The Balaban J connectivity index is 1.54. The van der Waals surface area contributed by atoms with E-state index in [-0.39, 0.29) is 22.5 Å². The van der Waals surface area contributed by atoms with Gasteiger partial charge in [0.15, 0.2) is 0 Å². The van der Waals surface area contributed by atoms with Crippen LogP contribution >= 0.6 is 0 Å². The third kappa shape index (κ3) is 3.74. The molecule has 0 bridgehead atoms. The Bertz CT molecular complexity index is 868. The van der Waals surface area contributed by atoms with Crippen molar-refractivity contribution in [2.24, 2.45) is 11.3 Å². The molecule has 3 fully saturated rings. The Morgan fingerprint density at radius 2 is 1.97 bits per heavy atom. The van der Waals surface area contributed by atoms with Gasteiger partial charge in [-0.1, -0.05) is 19.3 Å². The highest BCUT2D eigenvalue weighted by molar-refractivity contribution is 7.90. The quantitative estimate of drug-likeness (QED) is 0.706. The molecule has 1 spiro atoms. The van der Waals surface area contributed by atoms with Crippen LogP contribution in [0.15, 0.2) is 6.20 Å². The molecule has 1 atom stereocenters. The Morgan fingerprint density at radius 3 is 2.55 bits per heavy atom. The molecule has 1 aromatic rings. The Morgan fingerprint density at radius 1 is 1.28 bits per heavy atom. The molecule has 2 saturated carbocycles. The molecule has 1 unspecified atom stereocenters. The van der Waals surface area contributed by atoms with Crippen molar-refractivity contribution in [2.45, 2.75) is 77.1 Å². The molecule has 0 aromatic carbocycles. The predicted octanol–water partition coefficient (Wildman–Crippen LogP) is 2.54. The predicted molar refractivity (Wildman–Crippen MR) is 112 cm³/mol. The number of aryl methyl sites for hydroxylation is 1. The molecule has 162 valence electrons. The SMILES string of the molecule is CCn1ncc(CN(C)C(=O)C2CN(S(=O)(=O)C3CC3)CC23CCCCC3)c1C. The van der Waals surface area contributed by atoms with Gasteiger partial charge in [-0.05, 0) is 44.9 Å². The van der Waals surface area contributed by atoms with Gasteiger partial charge in [-0.15, -0.1) is 0 Å². The number of carbonyl (C=O) groups is 1. The van der Waals surface area contributed by atoms with E-state index in [1.807, 2.05) is 24.9 Å². The van der Waals surface area contributed by atoms with Crippen molar-refractivity contribution in [3.63, 3.8) is 0 Å². The van der Waals surface area contributed by atoms with E-state index in [0.717, 1.165) is 56.3 Å². The van der Waals surface area contributed by atoms with Crippen LogP contribution in [0.25, 0.3) is 0 Å². The third-order valence-electron chi connectivity index (χ3n) is 7.36. The van der Waals surface area contributed by atoms with Crippen molar-refractivity contribution < 1.29 is 13.2 Å². The van der Waals surface area contributed by atoms with E-state index in [2.05, 4.69) is 12.0 Å². The van der Waals surface area contributed by atoms with Crippen LogP contribution in [0, 0.1) is 18.3 Å². The van der Waals surface area contributed by atoms with E-state index in [1.165, 1.54) is 6.42 Å². The first kappa shape index (κ1) is 20.8. The minimum atomic E-state index is -3.25. The summed E-state index contributed by atoms with van der Waals surface area (Å²) < 4.78 is 29.4. The molecule has 8 heteroatoms. The van der Waals surface area contributed by atoms with Gasteiger partial charge in [-0.2, -0.15) is 5.10 Å². The monoisotopic (exact) mass is 422 g/mol. The molecule has 1 amide bonds. The summed E-state index contributed by atoms with van der Waals surface area (Å²) in [5.41, 5.74) is 1.96. The minimum Gasteiger partial charge on any atom is -0.341 e. The lowest BCUT2D eigenvalue weighted by Gasteiger charge is -2.38. The average molecular weight is 423 g/mol. The fraction of sp³-hybridized carbons (Fsp3) is 0.810. The van der Waals surface area contributed by atoms with Gasteiger partial charge in [0.25, 0.3) is 0 Å². The molecule has 7 nitrogen and oxygen atoms in total. The van der Waals surface area contributed by atoms with Gasteiger partial charge in [0, 0.05) is 44.5 Å². The van der Waals surface area contributed by atoms with E-state index in [9.17, 15) is 13.2 Å². The number of sulfonamides is 1. The number of hydrogen-bond donors (Lipinski definition) is 0. The van der Waals surface area contributed by atoms with Crippen molar-refractivity contribution >= 4 is 15.9 Å². The molecule has 1 aromatic heterocycles. The Hall–Kier alpha value is -1.41. The largest absolute Gasteiger partial charge is 0.341 e. The molecule has 3 aliphatic rings. The van der Waals surface area contributed by atoms with Crippen LogP contribution in [-0.4, -0.2) is 58.7 Å². The van der Waals surface area contributed by atoms with Crippen LogP contribution in [-0.2, 0) is 27.9 Å². The maximum absolute atomic E-state index is 13.5. The summed E-state index contributed by atoms with van der Waals surface area (Å²) in [5, 5.41) is 4.18. The number of nitrogens with zero attached hydrogens (tertiary/aromatic N) is 4. The summed E-state index contributed by atoms with van der Waals surface area (Å²) in [5.74, 6) is -0.146. The lowest BCUT2D eigenvalue weighted by atomic mass is 9.67. The smallest absolute Gasteiger partial charge is 0.227 e. The lowest BCUT2D eigenvalue weighted by Crippen LogP contribution is -2.43. The van der Waals surface area contributed by atoms with Crippen molar-refractivity contribution in [3.8, 4) is 0 Å². The number of amides is 1. The highest BCUT2D eigenvalue weighted by Crippen LogP contribution is 2.50. The summed E-state index contributed by atoms with van der Waals surface area (Å²) in [7, 11) is -1.40. The van der Waals surface area contributed by atoms with Crippen LogP contribution in [0.5, 0.6) is 0 Å². The summed E-state index contributed by atoms with van der Waals surface area (Å²) in [6.07, 6.45) is 8.67. The second kappa shape index (κ2) is 7.69. The van der Waals surface area contributed by atoms with Gasteiger partial charge >= 0.3 is 0 Å². The van der Waals surface area contributed by atoms with Gasteiger partial charge < -0.3 is 4.90 Å². The molecule has 0 N–H and O–H groups in total.